The van der Waals surface area contributed by atoms with Gasteiger partial charge in [-0.2, -0.15) is 0 Å². The highest BCUT2D eigenvalue weighted by Gasteiger charge is 2.02. The number of anilines is 1. The lowest BCUT2D eigenvalue weighted by Crippen LogP contribution is -2.00. The molecule has 0 saturated heterocycles. The molecule has 0 amide bonds. The van der Waals surface area contributed by atoms with Gasteiger partial charge in [-0.1, -0.05) is 36.4 Å². The van der Waals surface area contributed by atoms with Gasteiger partial charge in [0.15, 0.2) is 0 Å². The van der Waals surface area contributed by atoms with Crippen LogP contribution in [0.25, 0.3) is 0 Å². The van der Waals surface area contributed by atoms with E-state index in [1.165, 1.54) is 0 Å². The molecule has 4 heteroatoms. The van der Waals surface area contributed by atoms with Gasteiger partial charge in [-0.3, -0.25) is 0 Å². The molecule has 110 valence electrons. The first-order chi connectivity index (χ1) is 10.2. The Hall–Kier alpha value is -2.13. The van der Waals surface area contributed by atoms with Crippen molar-refractivity contribution < 1.29 is 9.47 Å². The van der Waals surface area contributed by atoms with E-state index in [1.807, 2.05) is 42.5 Å². The largest absolute Gasteiger partial charge is 0.495 e. The molecule has 0 heterocycles. The maximum Gasteiger partial charge on any atom is 0.137 e. The van der Waals surface area contributed by atoms with Crippen molar-refractivity contribution in [3.63, 3.8) is 0 Å². The Morgan fingerprint density at radius 2 is 1.95 bits per heavy atom. The van der Waals surface area contributed by atoms with Crippen LogP contribution >= 0.6 is 11.6 Å². The Morgan fingerprint density at radius 1 is 1.19 bits per heavy atom. The highest BCUT2D eigenvalue weighted by atomic mass is 35.5. The highest BCUT2D eigenvalue weighted by Crippen LogP contribution is 2.27. The summed E-state index contributed by atoms with van der Waals surface area (Å²) in [7, 11) is 1.60. The second-order valence-corrected chi connectivity index (χ2v) is 4.85. The van der Waals surface area contributed by atoms with Gasteiger partial charge < -0.3 is 14.8 Å². The van der Waals surface area contributed by atoms with E-state index in [4.69, 9.17) is 21.1 Å². The van der Waals surface area contributed by atoms with Gasteiger partial charge in [0.1, 0.15) is 18.1 Å². The van der Waals surface area contributed by atoms with Gasteiger partial charge in [0.2, 0.25) is 0 Å². The molecule has 0 unspecified atom stereocenters. The van der Waals surface area contributed by atoms with Crippen molar-refractivity contribution in [1.29, 1.82) is 0 Å². The number of nitrogens with one attached hydrogen (secondary N) is 1. The van der Waals surface area contributed by atoms with Gasteiger partial charge in [0, 0.05) is 12.2 Å². The number of hydrogen-bond acceptors (Lipinski definition) is 3. The lowest BCUT2D eigenvalue weighted by atomic mass is 10.2. The lowest BCUT2D eigenvalue weighted by Gasteiger charge is -2.10. The molecule has 0 bridgehead atoms. The smallest absolute Gasteiger partial charge is 0.137 e. The summed E-state index contributed by atoms with van der Waals surface area (Å²) >= 11 is 6.09. The van der Waals surface area contributed by atoms with E-state index in [0.717, 1.165) is 17.0 Å². The van der Waals surface area contributed by atoms with Gasteiger partial charge >= 0.3 is 0 Å². The quantitative estimate of drug-likeness (QED) is 0.763. The predicted molar refractivity (Wildman–Crippen MR) is 87.5 cm³/mol. The minimum Gasteiger partial charge on any atom is -0.495 e. The number of rotatable bonds is 7. The van der Waals surface area contributed by atoms with Crippen molar-refractivity contribution >= 4 is 17.3 Å². The van der Waals surface area contributed by atoms with Crippen LogP contribution in [0.15, 0.2) is 55.1 Å². The maximum atomic E-state index is 6.09. The van der Waals surface area contributed by atoms with Gasteiger partial charge in [-0.05, 0) is 35.9 Å². The standard InChI is InChI=1S/C17H18ClNO2/c1-3-10-21-15-7-4-13(5-8-15)12-19-14-6-9-17(20-2)16(18)11-14/h3-9,11,19H,1,10,12H2,2H3. The second-order valence-electron chi connectivity index (χ2n) is 4.45. The van der Waals surface area contributed by atoms with Crippen molar-refractivity contribution in [1.82, 2.24) is 0 Å². The van der Waals surface area contributed by atoms with E-state index in [1.54, 1.807) is 13.2 Å². The van der Waals surface area contributed by atoms with Crippen molar-refractivity contribution in [2.24, 2.45) is 0 Å². The van der Waals surface area contributed by atoms with Gasteiger partial charge in [0.25, 0.3) is 0 Å². The Morgan fingerprint density at radius 3 is 2.57 bits per heavy atom. The Labute approximate surface area is 130 Å². The fourth-order valence-corrected chi connectivity index (χ4v) is 2.10. The third-order valence-electron chi connectivity index (χ3n) is 2.94. The first-order valence-corrected chi connectivity index (χ1v) is 7.01. The summed E-state index contributed by atoms with van der Waals surface area (Å²) in [6.45, 7) is 4.85. The molecule has 0 saturated carbocycles. The summed E-state index contributed by atoms with van der Waals surface area (Å²) in [6, 6.07) is 13.6. The Bertz CT molecular complexity index is 596. The molecule has 0 fully saturated rings. The molecule has 0 aromatic heterocycles. The first kappa shape index (κ1) is 15.3. The fraction of sp³-hybridized carbons (Fsp3) is 0.176. The normalized spacial score (nSPS) is 10.0. The number of hydrogen-bond donors (Lipinski definition) is 1. The van der Waals surface area contributed by atoms with E-state index in [2.05, 4.69) is 11.9 Å². The van der Waals surface area contributed by atoms with Crippen molar-refractivity contribution in [2.45, 2.75) is 6.54 Å². The highest BCUT2D eigenvalue weighted by molar-refractivity contribution is 6.32. The van der Waals surface area contributed by atoms with Crippen molar-refractivity contribution in [2.75, 3.05) is 19.0 Å². The molecule has 2 aromatic carbocycles. The molecule has 2 rings (SSSR count). The molecule has 0 radical (unpaired) electrons. The second kappa shape index (κ2) is 7.60. The minimum absolute atomic E-state index is 0.516. The van der Waals surface area contributed by atoms with Crippen LogP contribution < -0.4 is 14.8 Å². The third kappa shape index (κ3) is 4.43. The summed E-state index contributed by atoms with van der Waals surface area (Å²) in [5.41, 5.74) is 2.11. The van der Waals surface area contributed by atoms with Gasteiger partial charge in [0.05, 0.1) is 12.1 Å². The third-order valence-corrected chi connectivity index (χ3v) is 3.24. The summed E-state index contributed by atoms with van der Waals surface area (Å²) in [6.07, 6.45) is 1.73. The molecule has 21 heavy (non-hydrogen) atoms. The number of halogens is 1. The maximum absolute atomic E-state index is 6.09. The zero-order valence-electron chi connectivity index (χ0n) is 11.9. The van der Waals surface area contributed by atoms with Crippen LogP contribution in [0.2, 0.25) is 5.02 Å². The van der Waals surface area contributed by atoms with Crippen LogP contribution in [0, 0.1) is 0 Å². The molecule has 0 aliphatic carbocycles. The van der Waals surface area contributed by atoms with Gasteiger partial charge in [-0.15, -0.1) is 0 Å². The Kier molecular flexibility index (Phi) is 5.52. The predicted octanol–water partition coefficient (Wildman–Crippen LogP) is 4.53. The summed E-state index contributed by atoms with van der Waals surface area (Å²) in [5.74, 6) is 1.51. The molecule has 2 aromatic rings. The molecule has 3 nitrogen and oxygen atoms in total. The average Bonchev–Trinajstić information content (AvgIpc) is 2.52. The molecule has 0 aliphatic rings. The van der Waals surface area contributed by atoms with Crippen LogP contribution in [0.5, 0.6) is 11.5 Å². The summed E-state index contributed by atoms with van der Waals surface area (Å²) in [4.78, 5) is 0. The molecule has 0 atom stereocenters. The van der Waals surface area contributed by atoms with E-state index < -0.39 is 0 Å². The van der Waals surface area contributed by atoms with Crippen molar-refractivity contribution in [3.05, 3.63) is 65.7 Å². The van der Waals surface area contributed by atoms with E-state index in [0.29, 0.717) is 23.9 Å². The monoisotopic (exact) mass is 303 g/mol. The van der Waals surface area contributed by atoms with E-state index in [-0.39, 0.29) is 0 Å². The molecule has 0 spiro atoms. The minimum atomic E-state index is 0.516. The van der Waals surface area contributed by atoms with Crippen LogP contribution in [-0.4, -0.2) is 13.7 Å². The Balaban J connectivity index is 1.93. The number of benzene rings is 2. The van der Waals surface area contributed by atoms with Crippen LogP contribution in [-0.2, 0) is 6.54 Å². The molecule has 1 N–H and O–H groups in total. The number of ether oxygens (including phenoxy) is 2. The van der Waals surface area contributed by atoms with Crippen LogP contribution in [0.1, 0.15) is 5.56 Å². The molecule has 0 aliphatic heterocycles. The van der Waals surface area contributed by atoms with Crippen LogP contribution in [0.3, 0.4) is 0 Å². The zero-order chi connectivity index (χ0) is 15.1. The molecular weight excluding hydrogens is 286 g/mol. The van der Waals surface area contributed by atoms with Crippen molar-refractivity contribution in [3.8, 4) is 11.5 Å². The topological polar surface area (TPSA) is 30.5 Å². The molecular formula is C17H18ClNO2. The van der Waals surface area contributed by atoms with Gasteiger partial charge in [-0.25, -0.2) is 0 Å². The first-order valence-electron chi connectivity index (χ1n) is 6.63. The number of methoxy groups -OCH3 is 1. The lowest BCUT2D eigenvalue weighted by molar-refractivity contribution is 0.363. The average molecular weight is 304 g/mol. The zero-order valence-corrected chi connectivity index (χ0v) is 12.7. The SMILES string of the molecule is C=CCOc1ccc(CNc2ccc(OC)c(Cl)c2)cc1. The summed E-state index contributed by atoms with van der Waals surface area (Å²) in [5, 5.41) is 3.91. The fourth-order valence-electron chi connectivity index (χ4n) is 1.84. The van der Waals surface area contributed by atoms with E-state index in [9.17, 15) is 0 Å². The van der Waals surface area contributed by atoms with Crippen LogP contribution in [0.4, 0.5) is 5.69 Å². The summed E-state index contributed by atoms with van der Waals surface area (Å²) < 4.78 is 10.6. The van der Waals surface area contributed by atoms with E-state index >= 15 is 0 Å².